The minimum atomic E-state index is -4.44. The van der Waals surface area contributed by atoms with E-state index in [9.17, 15) is 13.2 Å². The number of nitrogens with zero attached hydrogens (tertiary/aromatic N) is 1. The molecule has 1 saturated carbocycles. The van der Waals surface area contributed by atoms with Gasteiger partial charge in [0, 0.05) is 10.8 Å². The second-order valence-corrected chi connectivity index (χ2v) is 6.76. The van der Waals surface area contributed by atoms with Gasteiger partial charge in [-0.25, -0.2) is 0 Å². The van der Waals surface area contributed by atoms with Gasteiger partial charge < -0.3 is 5.32 Å². The molecular formula is C14H14ClF3N2S. The van der Waals surface area contributed by atoms with Crippen LogP contribution >= 0.6 is 23.4 Å². The van der Waals surface area contributed by atoms with E-state index in [4.69, 9.17) is 11.6 Å². The van der Waals surface area contributed by atoms with E-state index in [1.165, 1.54) is 30.3 Å². The van der Waals surface area contributed by atoms with Gasteiger partial charge in [-0.15, -0.1) is 0 Å². The van der Waals surface area contributed by atoms with Crippen molar-refractivity contribution in [1.29, 1.82) is 0 Å². The molecule has 2 unspecified atom stereocenters. The van der Waals surface area contributed by atoms with E-state index >= 15 is 0 Å². The zero-order valence-corrected chi connectivity index (χ0v) is 12.7. The molecule has 2 atom stereocenters. The van der Waals surface area contributed by atoms with Gasteiger partial charge in [-0.05, 0) is 37.0 Å². The molecule has 1 aliphatic heterocycles. The van der Waals surface area contributed by atoms with Crippen molar-refractivity contribution in [3.63, 3.8) is 0 Å². The fourth-order valence-electron chi connectivity index (χ4n) is 2.80. The minimum absolute atomic E-state index is 0.00889. The highest BCUT2D eigenvalue weighted by molar-refractivity contribution is 8.14. The maximum atomic E-state index is 13.1. The van der Waals surface area contributed by atoms with Crippen molar-refractivity contribution in [1.82, 2.24) is 0 Å². The predicted octanol–water partition coefficient (Wildman–Crippen LogP) is 5.04. The van der Waals surface area contributed by atoms with Gasteiger partial charge in [0.15, 0.2) is 5.17 Å². The fraction of sp³-hybridized carbons (Fsp3) is 0.500. The number of anilines is 1. The van der Waals surface area contributed by atoms with Crippen LogP contribution in [0.5, 0.6) is 0 Å². The van der Waals surface area contributed by atoms with Crippen LogP contribution in [0.25, 0.3) is 0 Å². The Bertz CT molecular complexity index is 574. The molecule has 0 aromatic heterocycles. The van der Waals surface area contributed by atoms with Crippen molar-refractivity contribution in [3.8, 4) is 0 Å². The Morgan fingerprint density at radius 1 is 1.29 bits per heavy atom. The zero-order valence-electron chi connectivity index (χ0n) is 11.1. The summed E-state index contributed by atoms with van der Waals surface area (Å²) in [4.78, 5) is 4.55. The Morgan fingerprint density at radius 3 is 2.86 bits per heavy atom. The second-order valence-electron chi connectivity index (χ2n) is 5.32. The number of aliphatic imine (C=N–C) groups is 1. The van der Waals surface area contributed by atoms with Crippen LogP contribution in [0.15, 0.2) is 23.2 Å². The van der Waals surface area contributed by atoms with Crippen LogP contribution < -0.4 is 5.32 Å². The van der Waals surface area contributed by atoms with Crippen molar-refractivity contribution < 1.29 is 13.2 Å². The molecule has 21 heavy (non-hydrogen) atoms. The number of rotatable bonds is 1. The molecule has 0 radical (unpaired) electrons. The number of hydrogen-bond acceptors (Lipinski definition) is 3. The van der Waals surface area contributed by atoms with Gasteiger partial charge in [-0.1, -0.05) is 29.8 Å². The SMILES string of the molecule is FC(F)(F)c1cc(Cl)ccc1NC1=NC2CCCC2CS1. The van der Waals surface area contributed by atoms with Gasteiger partial charge >= 0.3 is 6.18 Å². The Morgan fingerprint density at radius 2 is 2.10 bits per heavy atom. The van der Waals surface area contributed by atoms with Crippen molar-refractivity contribution in [3.05, 3.63) is 28.8 Å². The maximum absolute atomic E-state index is 13.1. The highest BCUT2D eigenvalue weighted by atomic mass is 35.5. The minimum Gasteiger partial charge on any atom is -0.334 e. The average Bonchev–Trinajstić information content (AvgIpc) is 2.87. The Balaban J connectivity index is 1.85. The second kappa shape index (κ2) is 5.72. The topological polar surface area (TPSA) is 24.4 Å². The summed E-state index contributed by atoms with van der Waals surface area (Å²) in [5.41, 5.74) is -0.749. The average molecular weight is 335 g/mol. The van der Waals surface area contributed by atoms with E-state index in [1.54, 1.807) is 0 Å². The summed E-state index contributed by atoms with van der Waals surface area (Å²) in [5, 5.41) is 3.48. The summed E-state index contributed by atoms with van der Waals surface area (Å²) in [7, 11) is 0. The lowest BCUT2D eigenvalue weighted by atomic mass is 10.1. The number of hydrogen-bond donors (Lipinski definition) is 1. The molecule has 7 heteroatoms. The van der Waals surface area contributed by atoms with E-state index in [0.29, 0.717) is 11.1 Å². The van der Waals surface area contributed by atoms with Gasteiger partial charge in [0.05, 0.1) is 17.3 Å². The summed E-state index contributed by atoms with van der Waals surface area (Å²) >= 11 is 7.17. The zero-order chi connectivity index (χ0) is 15.0. The van der Waals surface area contributed by atoms with Gasteiger partial charge in [-0.3, -0.25) is 4.99 Å². The van der Waals surface area contributed by atoms with Crippen LogP contribution in [-0.4, -0.2) is 17.0 Å². The molecule has 2 nitrogen and oxygen atoms in total. The quantitative estimate of drug-likeness (QED) is 0.777. The molecule has 0 saturated heterocycles. The molecule has 1 fully saturated rings. The molecule has 1 aromatic rings. The van der Waals surface area contributed by atoms with Gasteiger partial charge in [0.25, 0.3) is 0 Å². The highest BCUT2D eigenvalue weighted by Gasteiger charge is 2.35. The smallest absolute Gasteiger partial charge is 0.334 e. The first-order valence-corrected chi connectivity index (χ1v) is 8.14. The largest absolute Gasteiger partial charge is 0.418 e. The van der Waals surface area contributed by atoms with Gasteiger partial charge in [0.2, 0.25) is 0 Å². The Kier molecular flexibility index (Phi) is 4.10. The number of halogens is 4. The monoisotopic (exact) mass is 334 g/mol. The van der Waals surface area contributed by atoms with Gasteiger partial charge in [0.1, 0.15) is 0 Å². The predicted molar refractivity (Wildman–Crippen MR) is 81.1 cm³/mol. The third kappa shape index (κ3) is 3.31. The lowest BCUT2D eigenvalue weighted by molar-refractivity contribution is -0.136. The number of thioether (sulfide) groups is 1. The summed E-state index contributed by atoms with van der Waals surface area (Å²) in [6, 6.07) is 4.01. The van der Waals surface area contributed by atoms with E-state index in [-0.39, 0.29) is 16.8 Å². The molecule has 0 amide bonds. The van der Waals surface area contributed by atoms with Crippen molar-refractivity contribution in [2.45, 2.75) is 31.5 Å². The molecule has 0 spiro atoms. The summed E-state index contributed by atoms with van der Waals surface area (Å²) in [6.45, 7) is 0. The van der Waals surface area contributed by atoms with E-state index in [1.807, 2.05) is 0 Å². The summed E-state index contributed by atoms with van der Waals surface area (Å²) < 4.78 is 39.2. The van der Waals surface area contributed by atoms with Gasteiger partial charge in [-0.2, -0.15) is 13.2 Å². The maximum Gasteiger partial charge on any atom is 0.418 e. The fourth-order valence-corrected chi connectivity index (χ4v) is 4.12. The van der Waals surface area contributed by atoms with Crippen molar-refractivity contribution >= 4 is 34.2 Å². The molecule has 2 aliphatic rings. The number of amidine groups is 1. The number of nitrogens with one attached hydrogen (secondary N) is 1. The molecule has 0 bridgehead atoms. The third-order valence-corrected chi connectivity index (χ3v) is 5.18. The van der Waals surface area contributed by atoms with Crippen molar-refractivity contribution in [2.75, 3.05) is 11.1 Å². The van der Waals surface area contributed by atoms with E-state index in [2.05, 4.69) is 10.3 Å². The number of alkyl halides is 3. The van der Waals surface area contributed by atoms with E-state index in [0.717, 1.165) is 24.7 Å². The Hall–Kier alpha value is -0.880. The summed E-state index contributed by atoms with van der Waals surface area (Å²) in [5.74, 6) is 1.50. The molecule has 114 valence electrons. The first-order valence-electron chi connectivity index (χ1n) is 6.78. The number of fused-ring (bicyclic) bond motifs is 1. The normalized spacial score (nSPS) is 25.4. The molecular weight excluding hydrogens is 321 g/mol. The third-order valence-electron chi connectivity index (χ3n) is 3.86. The van der Waals surface area contributed by atoms with Crippen LogP contribution in [0.4, 0.5) is 18.9 Å². The first kappa shape index (κ1) is 15.0. The molecule has 1 aromatic carbocycles. The molecule has 3 rings (SSSR count). The summed E-state index contributed by atoms with van der Waals surface area (Å²) in [6.07, 6.45) is -1.09. The first-order chi connectivity index (χ1) is 9.93. The highest BCUT2D eigenvalue weighted by Crippen LogP contribution is 2.39. The lowest BCUT2D eigenvalue weighted by Gasteiger charge is -2.24. The van der Waals surface area contributed by atoms with Crippen LogP contribution in [0, 0.1) is 5.92 Å². The number of benzene rings is 1. The molecule has 1 heterocycles. The van der Waals surface area contributed by atoms with Crippen LogP contribution in [-0.2, 0) is 6.18 Å². The Labute approximate surface area is 130 Å². The van der Waals surface area contributed by atoms with Crippen LogP contribution in [0.3, 0.4) is 0 Å². The lowest BCUT2D eigenvalue weighted by Crippen LogP contribution is -2.26. The van der Waals surface area contributed by atoms with Crippen molar-refractivity contribution in [2.24, 2.45) is 10.9 Å². The van der Waals surface area contributed by atoms with E-state index < -0.39 is 11.7 Å². The molecule has 1 aliphatic carbocycles. The van der Waals surface area contributed by atoms with Crippen LogP contribution in [0.1, 0.15) is 24.8 Å². The van der Waals surface area contributed by atoms with Crippen LogP contribution in [0.2, 0.25) is 5.02 Å². The molecule has 1 N–H and O–H groups in total. The standard InChI is InChI=1S/C14H14ClF3N2S/c15-9-4-5-12(10(6-9)14(16,17)18)20-13-19-11-3-1-2-8(11)7-21-13/h4-6,8,11H,1-3,7H2,(H,19,20).